The Hall–Kier alpha value is -3.37. The summed E-state index contributed by atoms with van der Waals surface area (Å²) in [5, 5.41) is 14.5. The summed E-state index contributed by atoms with van der Waals surface area (Å²) in [7, 11) is 2.10. The van der Waals surface area contributed by atoms with Gasteiger partial charge in [0.2, 0.25) is 11.9 Å². The van der Waals surface area contributed by atoms with Gasteiger partial charge < -0.3 is 25.1 Å². The van der Waals surface area contributed by atoms with E-state index in [1.54, 1.807) is 6.92 Å². The standard InChI is InChI=1S/C30H38N8O2/c1-18(39)25-14-21-15-31-30(35-27(21)28(33-25)38-22-6-7-23(38)9-8-22)34-26-10-5-19-17-37(13-11-24(19)32-26)29(40)20-4-3-12-36(2)16-20/h5,10,14-15,18,20,22-23,39H,3-4,6-9,11-13,16-17H2,1-2H3,(H,31,32,34,35)/t18-,20-,22?,23?/m1/s1. The molecule has 3 aromatic heterocycles. The van der Waals surface area contributed by atoms with Crippen LogP contribution >= 0.6 is 0 Å². The maximum absolute atomic E-state index is 13.2. The number of anilines is 3. The lowest BCUT2D eigenvalue weighted by atomic mass is 9.95. The third kappa shape index (κ3) is 4.66. The molecule has 4 aliphatic rings. The normalized spacial score (nSPS) is 25.3. The topological polar surface area (TPSA) is 111 Å². The summed E-state index contributed by atoms with van der Waals surface area (Å²) < 4.78 is 0. The van der Waals surface area contributed by atoms with Crippen LogP contribution in [0.4, 0.5) is 17.6 Å². The van der Waals surface area contributed by atoms with E-state index in [9.17, 15) is 9.90 Å². The number of pyridine rings is 2. The van der Waals surface area contributed by atoms with E-state index in [1.807, 2.05) is 23.2 Å². The number of hydrogen-bond acceptors (Lipinski definition) is 9. The van der Waals surface area contributed by atoms with Crippen LogP contribution in [-0.2, 0) is 17.8 Å². The van der Waals surface area contributed by atoms with Crippen LogP contribution in [-0.4, -0.2) is 79.5 Å². The highest BCUT2D eigenvalue weighted by molar-refractivity contribution is 5.90. The summed E-state index contributed by atoms with van der Waals surface area (Å²) in [6, 6.07) is 6.89. The molecule has 0 aliphatic carbocycles. The molecule has 7 heterocycles. The summed E-state index contributed by atoms with van der Waals surface area (Å²) in [4.78, 5) is 39.2. The molecule has 4 aliphatic heterocycles. The number of aliphatic hydroxyl groups excluding tert-OH is 1. The highest BCUT2D eigenvalue weighted by Gasteiger charge is 2.41. The van der Waals surface area contributed by atoms with Gasteiger partial charge in [0.25, 0.3) is 0 Å². The average Bonchev–Trinajstić information content (AvgIpc) is 3.56. The number of aromatic nitrogens is 4. The Bertz CT molecular complexity index is 1420. The first-order chi connectivity index (χ1) is 19.4. The van der Waals surface area contributed by atoms with E-state index < -0.39 is 6.10 Å². The maximum atomic E-state index is 13.2. The highest BCUT2D eigenvalue weighted by atomic mass is 16.3. The van der Waals surface area contributed by atoms with Crippen molar-refractivity contribution in [1.82, 2.24) is 29.7 Å². The minimum absolute atomic E-state index is 0.103. The van der Waals surface area contributed by atoms with Crippen molar-refractivity contribution in [3.8, 4) is 0 Å². The summed E-state index contributed by atoms with van der Waals surface area (Å²) >= 11 is 0. The van der Waals surface area contributed by atoms with Crippen LogP contribution in [0.15, 0.2) is 24.4 Å². The van der Waals surface area contributed by atoms with Gasteiger partial charge in [-0.2, -0.15) is 0 Å². The fourth-order valence-electron chi connectivity index (χ4n) is 7.17. The molecule has 0 unspecified atom stereocenters. The minimum Gasteiger partial charge on any atom is -0.387 e. The molecule has 1 amide bonds. The van der Waals surface area contributed by atoms with Crippen LogP contribution in [0.5, 0.6) is 0 Å². The molecule has 2 atom stereocenters. The molecule has 3 saturated heterocycles. The second kappa shape index (κ2) is 10.2. The van der Waals surface area contributed by atoms with Crippen molar-refractivity contribution in [2.75, 3.05) is 36.9 Å². The predicted molar refractivity (Wildman–Crippen MR) is 153 cm³/mol. The van der Waals surface area contributed by atoms with Crippen molar-refractivity contribution in [2.45, 2.75) is 76.6 Å². The van der Waals surface area contributed by atoms with Gasteiger partial charge >= 0.3 is 0 Å². The van der Waals surface area contributed by atoms with Gasteiger partial charge in [-0.05, 0) is 76.7 Å². The molecular weight excluding hydrogens is 504 g/mol. The molecule has 7 rings (SSSR count). The zero-order chi connectivity index (χ0) is 27.4. The van der Waals surface area contributed by atoms with Crippen molar-refractivity contribution in [1.29, 1.82) is 0 Å². The van der Waals surface area contributed by atoms with E-state index in [2.05, 4.69) is 33.2 Å². The number of carbonyl (C=O) groups is 1. The van der Waals surface area contributed by atoms with Crippen molar-refractivity contribution in [3.63, 3.8) is 0 Å². The van der Waals surface area contributed by atoms with Crippen LogP contribution in [0.25, 0.3) is 10.9 Å². The monoisotopic (exact) mass is 542 g/mol. The smallest absolute Gasteiger partial charge is 0.229 e. The fourth-order valence-corrected chi connectivity index (χ4v) is 7.17. The second-order valence-electron chi connectivity index (χ2n) is 12.1. The lowest BCUT2D eigenvalue weighted by Crippen LogP contribution is -2.45. The SMILES string of the molecule is C[C@@H](O)c1cc2cnc(Nc3ccc4c(n3)CCN(C(=O)[C@@H]3CCCN(C)C3)C4)nc2c(N2C3CCC2CC3)n1. The zero-order valence-electron chi connectivity index (χ0n) is 23.4. The van der Waals surface area contributed by atoms with Crippen LogP contribution in [0.2, 0.25) is 0 Å². The molecule has 210 valence electrons. The number of rotatable bonds is 5. The number of amides is 1. The first kappa shape index (κ1) is 25.6. The maximum Gasteiger partial charge on any atom is 0.229 e. The van der Waals surface area contributed by atoms with Gasteiger partial charge in [0.05, 0.1) is 17.7 Å². The molecule has 2 bridgehead atoms. The summed E-state index contributed by atoms with van der Waals surface area (Å²) in [6.45, 7) is 5.00. The number of hydrogen-bond donors (Lipinski definition) is 2. The van der Waals surface area contributed by atoms with E-state index in [4.69, 9.17) is 15.0 Å². The molecule has 10 nitrogen and oxygen atoms in total. The van der Waals surface area contributed by atoms with Gasteiger partial charge in [0, 0.05) is 55.4 Å². The summed E-state index contributed by atoms with van der Waals surface area (Å²) in [5.41, 5.74) is 3.59. The Morgan fingerprint density at radius 2 is 1.88 bits per heavy atom. The Balaban J connectivity index is 1.12. The Morgan fingerprint density at radius 3 is 2.62 bits per heavy atom. The Kier molecular flexibility index (Phi) is 6.54. The van der Waals surface area contributed by atoms with E-state index in [0.717, 1.165) is 60.3 Å². The first-order valence-electron chi connectivity index (χ1n) is 14.8. The Labute approximate surface area is 234 Å². The van der Waals surface area contributed by atoms with Gasteiger partial charge in [-0.1, -0.05) is 6.07 Å². The van der Waals surface area contributed by atoms with Gasteiger partial charge in [-0.15, -0.1) is 0 Å². The van der Waals surface area contributed by atoms with Gasteiger partial charge in [-0.3, -0.25) is 4.79 Å². The average molecular weight is 543 g/mol. The van der Waals surface area contributed by atoms with E-state index in [1.165, 1.54) is 25.7 Å². The third-order valence-electron chi connectivity index (χ3n) is 9.27. The van der Waals surface area contributed by atoms with Crippen LogP contribution in [0.3, 0.4) is 0 Å². The number of piperidine rings is 1. The molecule has 3 aromatic rings. The Morgan fingerprint density at radius 1 is 1.07 bits per heavy atom. The quantitative estimate of drug-likeness (QED) is 0.500. The first-order valence-corrected chi connectivity index (χ1v) is 14.8. The van der Waals surface area contributed by atoms with Gasteiger partial charge in [0.15, 0.2) is 5.82 Å². The van der Waals surface area contributed by atoms with Gasteiger partial charge in [-0.25, -0.2) is 19.9 Å². The van der Waals surface area contributed by atoms with E-state index in [0.29, 0.717) is 42.6 Å². The van der Waals surface area contributed by atoms with E-state index >= 15 is 0 Å². The highest BCUT2D eigenvalue weighted by Crippen LogP contribution is 2.42. The molecule has 0 radical (unpaired) electrons. The second-order valence-corrected chi connectivity index (χ2v) is 12.1. The van der Waals surface area contributed by atoms with E-state index in [-0.39, 0.29) is 11.8 Å². The lowest BCUT2D eigenvalue weighted by Gasteiger charge is -2.35. The molecule has 40 heavy (non-hydrogen) atoms. The molecule has 3 fully saturated rings. The molecule has 2 N–H and O–H groups in total. The largest absolute Gasteiger partial charge is 0.387 e. The number of aliphatic hydroxyl groups is 1. The number of nitrogens with zero attached hydrogens (tertiary/aromatic N) is 7. The molecule has 0 saturated carbocycles. The fraction of sp³-hybridized carbons (Fsp3) is 0.567. The predicted octanol–water partition coefficient (Wildman–Crippen LogP) is 3.57. The molecule has 0 aromatic carbocycles. The van der Waals surface area contributed by atoms with Crippen LogP contribution in [0, 0.1) is 5.92 Å². The van der Waals surface area contributed by atoms with Crippen LogP contribution in [0.1, 0.15) is 68.5 Å². The third-order valence-corrected chi connectivity index (χ3v) is 9.27. The minimum atomic E-state index is -0.656. The van der Waals surface area contributed by atoms with Crippen molar-refractivity contribution < 1.29 is 9.90 Å². The number of likely N-dealkylation sites (tertiary alicyclic amines) is 1. The molecule has 10 heteroatoms. The summed E-state index contributed by atoms with van der Waals surface area (Å²) in [6.07, 6.45) is 8.70. The molecular formula is C30H38N8O2. The van der Waals surface area contributed by atoms with Crippen molar-refractivity contribution in [2.24, 2.45) is 5.92 Å². The number of nitrogens with one attached hydrogen (secondary N) is 1. The lowest BCUT2D eigenvalue weighted by molar-refractivity contribution is -0.138. The van der Waals surface area contributed by atoms with Crippen molar-refractivity contribution in [3.05, 3.63) is 41.3 Å². The number of fused-ring (bicyclic) bond motifs is 4. The number of carbonyl (C=O) groups excluding carboxylic acids is 1. The summed E-state index contributed by atoms with van der Waals surface area (Å²) in [5.74, 6) is 2.41. The zero-order valence-corrected chi connectivity index (χ0v) is 23.4. The van der Waals surface area contributed by atoms with Crippen LogP contribution < -0.4 is 10.2 Å². The molecule has 0 spiro atoms. The van der Waals surface area contributed by atoms with Gasteiger partial charge in [0.1, 0.15) is 11.3 Å². The van der Waals surface area contributed by atoms with Crippen molar-refractivity contribution >= 4 is 34.4 Å².